The van der Waals surface area contributed by atoms with Gasteiger partial charge in [-0.3, -0.25) is 10.4 Å². The Kier molecular flexibility index (Phi) is 4.05. The summed E-state index contributed by atoms with van der Waals surface area (Å²) in [6.45, 7) is 1.47. The molecule has 1 rings (SSSR count). The van der Waals surface area contributed by atoms with E-state index >= 15 is 0 Å². The van der Waals surface area contributed by atoms with Gasteiger partial charge in [0.25, 0.3) is 0 Å². The molecule has 1 aromatic heterocycles. The maximum atomic E-state index is 7.21. The molecular formula is C10H16N4O. The van der Waals surface area contributed by atoms with Crippen molar-refractivity contribution in [3.8, 4) is 0 Å². The SMILES string of the molecule is COCCN(C)c1ccc(C(=N)N)nc1. The fourth-order valence-electron chi connectivity index (χ4n) is 1.13. The molecule has 0 spiro atoms. The Morgan fingerprint density at radius 3 is 2.80 bits per heavy atom. The average Bonchev–Trinajstić information content (AvgIpc) is 2.26. The monoisotopic (exact) mass is 208 g/mol. The summed E-state index contributed by atoms with van der Waals surface area (Å²) in [5.41, 5.74) is 6.79. The second-order valence-electron chi connectivity index (χ2n) is 3.23. The predicted octanol–water partition coefficient (Wildman–Crippen LogP) is 0.448. The minimum atomic E-state index is -0.0129. The molecule has 0 aliphatic carbocycles. The number of aromatic nitrogens is 1. The number of likely N-dealkylation sites (N-methyl/N-ethyl adjacent to an activating group) is 1. The standard InChI is InChI=1S/C10H16N4O/c1-14(5-6-15-2)8-3-4-9(10(11)12)13-7-8/h3-4,7H,5-6H2,1-2H3,(H3,11,12). The zero-order valence-electron chi connectivity index (χ0n) is 9.03. The van der Waals surface area contributed by atoms with Crippen LogP contribution < -0.4 is 10.6 Å². The lowest BCUT2D eigenvalue weighted by atomic mass is 10.3. The molecular weight excluding hydrogens is 192 g/mol. The molecule has 0 aliphatic rings. The Hall–Kier alpha value is -1.62. The normalized spacial score (nSPS) is 10.0. The van der Waals surface area contributed by atoms with Crippen molar-refractivity contribution >= 4 is 11.5 Å². The van der Waals surface area contributed by atoms with Gasteiger partial charge in [-0.15, -0.1) is 0 Å². The van der Waals surface area contributed by atoms with Gasteiger partial charge in [-0.05, 0) is 12.1 Å². The number of nitrogens with zero attached hydrogens (tertiary/aromatic N) is 2. The van der Waals surface area contributed by atoms with Gasteiger partial charge in [-0.1, -0.05) is 0 Å². The number of nitrogens with two attached hydrogens (primary N) is 1. The number of nitrogens with one attached hydrogen (secondary N) is 1. The van der Waals surface area contributed by atoms with E-state index in [1.165, 1.54) is 0 Å². The van der Waals surface area contributed by atoms with Crippen LogP contribution in [-0.4, -0.2) is 38.1 Å². The van der Waals surface area contributed by atoms with E-state index in [-0.39, 0.29) is 5.84 Å². The van der Waals surface area contributed by atoms with Crippen molar-refractivity contribution in [1.82, 2.24) is 4.98 Å². The third-order valence-electron chi connectivity index (χ3n) is 2.10. The fourth-order valence-corrected chi connectivity index (χ4v) is 1.13. The van der Waals surface area contributed by atoms with Crippen LogP contribution >= 0.6 is 0 Å². The van der Waals surface area contributed by atoms with Crippen molar-refractivity contribution in [2.45, 2.75) is 0 Å². The molecule has 0 unspecified atom stereocenters. The van der Waals surface area contributed by atoms with E-state index in [0.29, 0.717) is 12.3 Å². The molecule has 0 aliphatic heterocycles. The minimum Gasteiger partial charge on any atom is -0.383 e. The Morgan fingerprint density at radius 2 is 2.33 bits per heavy atom. The minimum absolute atomic E-state index is 0.0129. The van der Waals surface area contributed by atoms with E-state index in [9.17, 15) is 0 Å². The van der Waals surface area contributed by atoms with Gasteiger partial charge in [0.2, 0.25) is 0 Å². The van der Waals surface area contributed by atoms with Gasteiger partial charge in [-0.2, -0.15) is 0 Å². The second-order valence-corrected chi connectivity index (χ2v) is 3.23. The van der Waals surface area contributed by atoms with Crippen LogP contribution in [0.4, 0.5) is 5.69 Å². The van der Waals surface area contributed by atoms with Crippen LogP contribution in [0.5, 0.6) is 0 Å². The molecule has 5 nitrogen and oxygen atoms in total. The first kappa shape index (κ1) is 11.5. The highest BCUT2D eigenvalue weighted by molar-refractivity contribution is 5.93. The molecule has 0 amide bonds. The average molecular weight is 208 g/mol. The first-order valence-electron chi connectivity index (χ1n) is 4.65. The van der Waals surface area contributed by atoms with Crippen molar-refractivity contribution in [1.29, 1.82) is 5.41 Å². The number of nitrogen functional groups attached to an aromatic ring is 1. The number of methoxy groups -OCH3 is 1. The Labute approximate surface area is 89.4 Å². The number of rotatable bonds is 5. The Morgan fingerprint density at radius 1 is 1.60 bits per heavy atom. The van der Waals surface area contributed by atoms with Crippen LogP contribution in [0.3, 0.4) is 0 Å². The van der Waals surface area contributed by atoms with Crippen LogP contribution in [0.15, 0.2) is 18.3 Å². The van der Waals surface area contributed by atoms with Crippen molar-refractivity contribution in [3.05, 3.63) is 24.0 Å². The molecule has 5 heteroatoms. The smallest absolute Gasteiger partial charge is 0.141 e. The van der Waals surface area contributed by atoms with Gasteiger partial charge in [0.15, 0.2) is 0 Å². The van der Waals surface area contributed by atoms with Crippen LogP contribution in [0.1, 0.15) is 5.69 Å². The molecule has 1 aromatic rings. The Bertz CT molecular complexity index is 323. The Balaban J connectivity index is 2.66. The maximum Gasteiger partial charge on any atom is 0.141 e. The van der Waals surface area contributed by atoms with Gasteiger partial charge in [0.05, 0.1) is 18.5 Å². The number of pyridine rings is 1. The topological polar surface area (TPSA) is 75.2 Å². The number of amidine groups is 1. The van der Waals surface area contributed by atoms with Crippen molar-refractivity contribution in [2.24, 2.45) is 5.73 Å². The van der Waals surface area contributed by atoms with Gasteiger partial charge >= 0.3 is 0 Å². The fraction of sp³-hybridized carbons (Fsp3) is 0.400. The summed E-state index contributed by atoms with van der Waals surface area (Å²) >= 11 is 0. The highest BCUT2D eigenvalue weighted by Gasteiger charge is 2.02. The highest BCUT2D eigenvalue weighted by Crippen LogP contribution is 2.10. The molecule has 15 heavy (non-hydrogen) atoms. The zero-order valence-corrected chi connectivity index (χ0v) is 9.03. The summed E-state index contributed by atoms with van der Waals surface area (Å²) < 4.78 is 4.98. The summed E-state index contributed by atoms with van der Waals surface area (Å²) in [4.78, 5) is 6.10. The molecule has 0 bridgehead atoms. The summed E-state index contributed by atoms with van der Waals surface area (Å²) in [5, 5.41) is 7.21. The number of hydrogen-bond donors (Lipinski definition) is 2. The van der Waals surface area contributed by atoms with Gasteiger partial charge in [0.1, 0.15) is 11.5 Å². The van der Waals surface area contributed by atoms with E-state index in [2.05, 4.69) is 4.98 Å². The number of anilines is 1. The van der Waals surface area contributed by atoms with Gasteiger partial charge < -0.3 is 15.4 Å². The van der Waals surface area contributed by atoms with Crippen molar-refractivity contribution in [2.75, 3.05) is 32.2 Å². The first-order chi connectivity index (χ1) is 7.15. The molecule has 1 heterocycles. The van der Waals surface area contributed by atoms with Crippen molar-refractivity contribution < 1.29 is 4.74 Å². The maximum absolute atomic E-state index is 7.21. The predicted molar refractivity (Wildman–Crippen MR) is 60.4 cm³/mol. The summed E-state index contributed by atoms with van der Waals surface area (Å²) in [5.74, 6) is -0.0129. The lowest BCUT2D eigenvalue weighted by Crippen LogP contribution is -2.22. The van der Waals surface area contributed by atoms with Crippen LogP contribution in [-0.2, 0) is 4.74 Å². The third kappa shape index (κ3) is 3.21. The highest BCUT2D eigenvalue weighted by atomic mass is 16.5. The lowest BCUT2D eigenvalue weighted by Gasteiger charge is -2.18. The molecule has 0 atom stereocenters. The molecule has 82 valence electrons. The van der Waals surface area contributed by atoms with E-state index in [1.54, 1.807) is 19.4 Å². The van der Waals surface area contributed by atoms with Gasteiger partial charge in [0, 0.05) is 20.7 Å². The summed E-state index contributed by atoms with van der Waals surface area (Å²) in [6.07, 6.45) is 1.70. The molecule has 3 N–H and O–H groups in total. The number of hydrogen-bond acceptors (Lipinski definition) is 4. The quantitative estimate of drug-likeness (QED) is 0.544. The van der Waals surface area contributed by atoms with E-state index in [4.69, 9.17) is 15.9 Å². The number of ether oxygens (including phenoxy) is 1. The zero-order chi connectivity index (χ0) is 11.3. The van der Waals surface area contributed by atoms with Crippen molar-refractivity contribution in [3.63, 3.8) is 0 Å². The van der Waals surface area contributed by atoms with Crippen LogP contribution in [0, 0.1) is 5.41 Å². The third-order valence-corrected chi connectivity index (χ3v) is 2.10. The lowest BCUT2D eigenvalue weighted by molar-refractivity contribution is 0.206. The second kappa shape index (κ2) is 5.31. The van der Waals surface area contributed by atoms with Gasteiger partial charge in [-0.25, -0.2) is 0 Å². The molecule has 0 saturated carbocycles. The van der Waals surface area contributed by atoms with Crippen LogP contribution in [0.2, 0.25) is 0 Å². The largest absolute Gasteiger partial charge is 0.383 e. The van der Waals surface area contributed by atoms with Crippen LogP contribution in [0.25, 0.3) is 0 Å². The first-order valence-corrected chi connectivity index (χ1v) is 4.65. The van der Waals surface area contributed by atoms with E-state index < -0.39 is 0 Å². The van der Waals surface area contributed by atoms with E-state index in [0.717, 1.165) is 12.2 Å². The van der Waals surface area contributed by atoms with E-state index in [1.807, 2.05) is 18.0 Å². The molecule has 0 saturated heterocycles. The molecule has 0 fully saturated rings. The molecule has 0 radical (unpaired) electrons. The molecule has 0 aromatic carbocycles. The summed E-state index contributed by atoms with van der Waals surface area (Å²) in [6, 6.07) is 3.63. The summed E-state index contributed by atoms with van der Waals surface area (Å²) in [7, 11) is 3.63.